The number of halogens is 3. The predicted octanol–water partition coefficient (Wildman–Crippen LogP) is 4.23. The molecule has 114 valence electrons. The summed E-state index contributed by atoms with van der Waals surface area (Å²) in [6.07, 6.45) is 0.691. The van der Waals surface area contributed by atoms with Crippen LogP contribution in [0.1, 0.15) is 36.1 Å². The zero-order valence-electron chi connectivity index (χ0n) is 12.1. The predicted molar refractivity (Wildman–Crippen MR) is 77.1 cm³/mol. The van der Waals surface area contributed by atoms with E-state index >= 15 is 0 Å². The van der Waals surface area contributed by atoms with Crippen molar-refractivity contribution >= 4 is 0 Å². The van der Waals surface area contributed by atoms with Gasteiger partial charge < -0.3 is 9.88 Å². The first kappa shape index (κ1) is 15.6. The van der Waals surface area contributed by atoms with Gasteiger partial charge >= 0.3 is 6.18 Å². The van der Waals surface area contributed by atoms with E-state index in [1.807, 2.05) is 30.1 Å². The highest BCUT2D eigenvalue weighted by atomic mass is 19.4. The lowest BCUT2D eigenvalue weighted by Crippen LogP contribution is -2.14. The van der Waals surface area contributed by atoms with Crippen molar-refractivity contribution in [3.63, 3.8) is 0 Å². The summed E-state index contributed by atoms with van der Waals surface area (Å²) in [4.78, 5) is 0. The fourth-order valence-corrected chi connectivity index (χ4v) is 2.38. The van der Waals surface area contributed by atoms with E-state index in [4.69, 9.17) is 0 Å². The maximum absolute atomic E-state index is 12.5. The lowest BCUT2D eigenvalue weighted by molar-refractivity contribution is -0.137. The van der Waals surface area contributed by atoms with Crippen LogP contribution in [0.15, 0.2) is 42.7 Å². The van der Waals surface area contributed by atoms with Gasteiger partial charge in [-0.2, -0.15) is 13.2 Å². The molecular formula is C16H19F3N2. The van der Waals surface area contributed by atoms with Gasteiger partial charge in [0.2, 0.25) is 0 Å². The van der Waals surface area contributed by atoms with Gasteiger partial charge in [0, 0.05) is 25.0 Å². The molecule has 0 amide bonds. The maximum Gasteiger partial charge on any atom is 0.416 e. The largest absolute Gasteiger partial charge is 0.416 e. The van der Waals surface area contributed by atoms with Crippen molar-refractivity contribution in [3.8, 4) is 0 Å². The highest BCUT2D eigenvalue weighted by Gasteiger charge is 2.29. The molecule has 1 aromatic heterocycles. The smallest absolute Gasteiger partial charge is 0.350 e. The number of benzene rings is 1. The number of hydrogen-bond acceptors (Lipinski definition) is 1. The highest BCUT2D eigenvalue weighted by molar-refractivity contribution is 5.25. The third-order valence-electron chi connectivity index (χ3n) is 3.58. The molecule has 0 saturated carbocycles. The summed E-state index contributed by atoms with van der Waals surface area (Å²) in [5.41, 5.74) is 1.43. The number of nitrogens with one attached hydrogen (secondary N) is 1. The van der Waals surface area contributed by atoms with Crippen molar-refractivity contribution in [2.45, 2.75) is 32.1 Å². The van der Waals surface area contributed by atoms with Gasteiger partial charge in [0.05, 0.1) is 5.56 Å². The summed E-state index contributed by atoms with van der Waals surface area (Å²) in [5, 5.41) is 3.23. The van der Waals surface area contributed by atoms with E-state index in [2.05, 4.69) is 12.2 Å². The van der Waals surface area contributed by atoms with Crippen LogP contribution in [0.2, 0.25) is 0 Å². The maximum atomic E-state index is 12.5. The van der Waals surface area contributed by atoms with Gasteiger partial charge in [0.1, 0.15) is 0 Å². The number of hydrogen-bond donors (Lipinski definition) is 1. The molecule has 5 heteroatoms. The molecule has 0 bridgehead atoms. The lowest BCUT2D eigenvalue weighted by atomic mass is 10.1. The molecule has 1 heterocycles. The Hall–Kier alpha value is -1.75. The molecule has 1 atom stereocenters. The zero-order chi connectivity index (χ0) is 15.5. The van der Waals surface area contributed by atoms with Crippen LogP contribution in [0.25, 0.3) is 0 Å². The zero-order valence-corrected chi connectivity index (χ0v) is 12.1. The van der Waals surface area contributed by atoms with E-state index in [-0.39, 0.29) is 0 Å². The van der Waals surface area contributed by atoms with E-state index in [1.165, 1.54) is 17.7 Å². The number of nitrogens with zero attached hydrogens (tertiary/aromatic N) is 1. The monoisotopic (exact) mass is 296 g/mol. The van der Waals surface area contributed by atoms with Crippen molar-refractivity contribution in [1.29, 1.82) is 0 Å². The molecule has 1 N–H and O–H groups in total. The topological polar surface area (TPSA) is 17.0 Å². The third-order valence-corrected chi connectivity index (χ3v) is 3.58. The average Bonchev–Trinajstić information content (AvgIpc) is 2.88. The van der Waals surface area contributed by atoms with Gasteiger partial charge in [-0.25, -0.2) is 0 Å². The number of rotatable bonds is 5. The standard InChI is InChI=1S/C16H19F3N2/c1-3-15(20-2)13-8-9-21(11-13)10-12-4-6-14(7-5-12)16(17,18)19/h4-9,11,15,20H,3,10H2,1-2H3. The van der Waals surface area contributed by atoms with Crippen LogP contribution in [-0.4, -0.2) is 11.6 Å². The van der Waals surface area contributed by atoms with Crippen molar-refractivity contribution < 1.29 is 13.2 Å². The molecule has 1 aromatic carbocycles. The Morgan fingerprint density at radius 2 is 1.81 bits per heavy atom. The second-order valence-corrected chi connectivity index (χ2v) is 5.06. The van der Waals surface area contributed by atoms with E-state index in [0.717, 1.165) is 24.1 Å². The van der Waals surface area contributed by atoms with Crippen LogP contribution in [0.5, 0.6) is 0 Å². The quantitative estimate of drug-likeness (QED) is 0.874. The van der Waals surface area contributed by atoms with E-state index in [9.17, 15) is 13.2 Å². The summed E-state index contributed by atoms with van der Waals surface area (Å²) in [6, 6.07) is 7.65. The van der Waals surface area contributed by atoms with Gasteiger partial charge in [0.15, 0.2) is 0 Å². The molecule has 0 saturated heterocycles. The van der Waals surface area contributed by atoms with Gasteiger partial charge in [-0.1, -0.05) is 19.1 Å². The molecular weight excluding hydrogens is 277 g/mol. The van der Waals surface area contributed by atoms with Crippen LogP contribution in [-0.2, 0) is 12.7 Å². The second kappa shape index (κ2) is 6.35. The third kappa shape index (κ3) is 3.88. The molecule has 0 radical (unpaired) electrons. The molecule has 0 spiro atoms. The van der Waals surface area contributed by atoms with Gasteiger partial charge in [-0.05, 0) is 42.8 Å². The Balaban J connectivity index is 2.08. The van der Waals surface area contributed by atoms with Crippen LogP contribution in [0.4, 0.5) is 13.2 Å². The number of alkyl halides is 3. The normalized spacial score (nSPS) is 13.4. The Kier molecular flexibility index (Phi) is 4.73. The van der Waals surface area contributed by atoms with Crippen molar-refractivity contribution in [2.75, 3.05) is 7.05 Å². The summed E-state index contributed by atoms with van der Waals surface area (Å²) < 4.78 is 39.5. The molecule has 0 aliphatic heterocycles. The SMILES string of the molecule is CCC(NC)c1ccn(Cc2ccc(C(F)(F)F)cc2)c1. The minimum absolute atomic E-state index is 0.304. The van der Waals surface area contributed by atoms with Gasteiger partial charge in [-0.15, -0.1) is 0 Å². The van der Waals surface area contributed by atoms with Crippen LogP contribution in [0.3, 0.4) is 0 Å². The summed E-state index contributed by atoms with van der Waals surface area (Å²) >= 11 is 0. The summed E-state index contributed by atoms with van der Waals surface area (Å²) in [6.45, 7) is 2.67. The Bertz CT molecular complexity index is 566. The Morgan fingerprint density at radius 1 is 1.14 bits per heavy atom. The average molecular weight is 296 g/mol. The fourth-order valence-electron chi connectivity index (χ4n) is 2.38. The molecule has 1 unspecified atom stereocenters. The number of aromatic nitrogens is 1. The van der Waals surface area contributed by atoms with E-state index in [0.29, 0.717) is 12.6 Å². The van der Waals surface area contributed by atoms with E-state index < -0.39 is 11.7 Å². The first-order chi connectivity index (χ1) is 9.94. The molecule has 0 aliphatic rings. The van der Waals surface area contributed by atoms with Crippen molar-refractivity contribution in [2.24, 2.45) is 0 Å². The van der Waals surface area contributed by atoms with Gasteiger partial charge in [-0.3, -0.25) is 0 Å². The van der Waals surface area contributed by atoms with Crippen LogP contribution >= 0.6 is 0 Å². The molecule has 2 rings (SSSR count). The van der Waals surface area contributed by atoms with E-state index in [1.54, 1.807) is 0 Å². The lowest BCUT2D eigenvalue weighted by Gasteiger charge is -2.11. The van der Waals surface area contributed by atoms with Crippen molar-refractivity contribution in [1.82, 2.24) is 9.88 Å². The minimum atomic E-state index is -4.28. The summed E-state index contributed by atoms with van der Waals surface area (Å²) in [5.74, 6) is 0. The molecule has 2 nitrogen and oxygen atoms in total. The molecule has 21 heavy (non-hydrogen) atoms. The summed E-state index contributed by atoms with van der Waals surface area (Å²) in [7, 11) is 1.92. The van der Waals surface area contributed by atoms with Crippen LogP contribution in [0, 0.1) is 0 Å². The first-order valence-corrected chi connectivity index (χ1v) is 6.93. The highest BCUT2D eigenvalue weighted by Crippen LogP contribution is 2.29. The Labute approximate surface area is 122 Å². The molecule has 0 fully saturated rings. The second-order valence-electron chi connectivity index (χ2n) is 5.06. The fraction of sp³-hybridized carbons (Fsp3) is 0.375. The molecule has 2 aromatic rings. The van der Waals surface area contributed by atoms with Crippen molar-refractivity contribution in [3.05, 3.63) is 59.4 Å². The Morgan fingerprint density at radius 3 is 2.33 bits per heavy atom. The first-order valence-electron chi connectivity index (χ1n) is 6.93. The minimum Gasteiger partial charge on any atom is -0.350 e. The molecule has 0 aliphatic carbocycles. The van der Waals surface area contributed by atoms with Crippen LogP contribution < -0.4 is 5.32 Å². The van der Waals surface area contributed by atoms with Gasteiger partial charge in [0.25, 0.3) is 0 Å².